The van der Waals surface area contributed by atoms with E-state index in [1.807, 2.05) is 7.05 Å². The second-order valence-corrected chi connectivity index (χ2v) is 5.80. The Bertz CT molecular complexity index is 570. The van der Waals surface area contributed by atoms with E-state index in [1.54, 1.807) is 0 Å². The highest BCUT2D eigenvalue weighted by Gasteiger charge is 2.20. The monoisotopic (exact) mass is 316 g/mol. The first-order valence-electron chi connectivity index (χ1n) is 6.52. The van der Waals surface area contributed by atoms with Crippen LogP contribution in [0.5, 0.6) is 0 Å². The van der Waals surface area contributed by atoms with Crippen molar-refractivity contribution in [3.63, 3.8) is 0 Å². The molecule has 1 aliphatic heterocycles. The van der Waals surface area contributed by atoms with Crippen molar-refractivity contribution in [2.75, 3.05) is 11.9 Å². The average Bonchev–Trinajstić information content (AvgIpc) is 2.82. The number of rotatable bonds is 3. The van der Waals surface area contributed by atoms with Gasteiger partial charge >= 0.3 is 0 Å². The minimum atomic E-state index is 0.902. The first-order valence-corrected chi connectivity index (χ1v) is 7.32. The van der Waals surface area contributed by atoms with Crippen LogP contribution in [0.1, 0.15) is 16.7 Å². The molecule has 0 spiro atoms. The van der Waals surface area contributed by atoms with Crippen LogP contribution < -0.4 is 10.2 Å². The highest BCUT2D eigenvalue weighted by atomic mass is 79.9. The number of fused-ring (bicyclic) bond motifs is 1. The van der Waals surface area contributed by atoms with Crippen molar-refractivity contribution in [2.24, 2.45) is 0 Å². The van der Waals surface area contributed by atoms with Crippen LogP contribution in [-0.2, 0) is 19.6 Å². The number of anilines is 1. The molecule has 2 aromatic carbocycles. The topological polar surface area (TPSA) is 15.3 Å². The molecule has 0 bridgehead atoms. The Morgan fingerprint density at radius 2 is 1.79 bits per heavy atom. The van der Waals surface area contributed by atoms with E-state index in [9.17, 15) is 0 Å². The Hall–Kier alpha value is -1.32. The normalized spacial score (nSPS) is 13.7. The molecule has 0 saturated carbocycles. The fourth-order valence-corrected chi connectivity index (χ4v) is 3.30. The lowest BCUT2D eigenvalue weighted by Gasteiger charge is -2.20. The van der Waals surface area contributed by atoms with Gasteiger partial charge in [-0.05, 0) is 51.8 Å². The lowest BCUT2D eigenvalue weighted by Crippen LogP contribution is -2.15. The van der Waals surface area contributed by atoms with E-state index >= 15 is 0 Å². The van der Waals surface area contributed by atoms with Crippen LogP contribution in [0.3, 0.4) is 0 Å². The van der Waals surface area contributed by atoms with Gasteiger partial charge in [0.25, 0.3) is 0 Å². The fraction of sp³-hybridized carbons (Fsp3) is 0.250. The van der Waals surface area contributed by atoms with Crippen LogP contribution in [0.25, 0.3) is 0 Å². The Morgan fingerprint density at radius 1 is 1.11 bits per heavy atom. The van der Waals surface area contributed by atoms with E-state index in [-0.39, 0.29) is 0 Å². The Kier molecular flexibility index (Phi) is 3.58. The SMILES string of the molecule is CNCc1ccc(N2Cc3ccccc3C2)c(Br)c1. The molecular formula is C16H17BrN2. The van der Waals surface area contributed by atoms with Crippen LogP contribution in [0.2, 0.25) is 0 Å². The predicted octanol–water partition coefficient (Wildman–Crippen LogP) is 3.69. The minimum Gasteiger partial charge on any atom is -0.362 e. The van der Waals surface area contributed by atoms with E-state index in [4.69, 9.17) is 0 Å². The molecule has 1 aliphatic rings. The Morgan fingerprint density at radius 3 is 2.37 bits per heavy atom. The van der Waals surface area contributed by atoms with Crippen LogP contribution >= 0.6 is 15.9 Å². The maximum atomic E-state index is 3.70. The zero-order valence-corrected chi connectivity index (χ0v) is 12.6. The number of nitrogens with one attached hydrogen (secondary N) is 1. The number of hydrogen-bond donors (Lipinski definition) is 1. The molecule has 3 rings (SSSR count). The maximum absolute atomic E-state index is 3.70. The average molecular weight is 317 g/mol. The first kappa shape index (κ1) is 12.7. The van der Waals surface area contributed by atoms with Gasteiger partial charge in [-0.3, -0.25) is 0 Å². The fourth-order valence-electron chi connectivity index (χ4n) is 2.62. The first-order chi connectivity index (χ1) is 9.28. The molecule has 98 valence electrons. The van der Waals surface area contributed by atoms with Gasteiger partial charge in [-0.15, -0.1) is 0 Å². The second kappa shape index (κ2) is 5.35. The highest BCUT2D eigenvalue weighted by molar-refractivity contribution is 9.10. The molecule has 3 heteroatoms. The molecule has 0 aliphatic carbocycles. The summed E-state index contributed by atoms with van der Waals surface area (Å²) >= 11 is 3.70. The molecule has 1 heterocycles. The third-order valence-electron chi connectivity index (χ3n) is 3.57. The quantitative estimate of drug-likeness (QED) is 0.929. The molecule has 0 fully saturated rings. The summed E-state index contributed by atoms with van der Waals surface area (Å²) in [4.78, 5) is 2.41. The molecule has 2 aromatic rings. The van der Waals surface area contributed by atoms with Gasteiger partial charge in [0.2, 0.25) is 0 Å². The van der Waals surface area contributed by atoms with E-state index in [1.165, 1.54) is 26.9 Å². The molecular weight excluding hydrogens is 300 g/mol. The largest absolute Gasteiger partial charge is 0.362 e. The molecule has 1 N–H and O–H groups in total. The standard InChI is InChI=1S/C16H17BrN2/c1-18-9-12-6-7-16(15(17)8-12)19-10-13-4-2-3-5-14(13)11-19/h2-8,18H,9-11H2,1H3. The molecule has 0 radical (unpaired) electrons. The van der Waals surface area contributed by atoms with Crippen molar-refractivity contribution in [1.82, 2.24) is 5.32 Å². The van der Waals surface area contributed by atoms with E-state index < -0.39 is 0 Å². The smallest absolute Gasteiger partial charge is 0.0516 e. The predicted molar refractivity (Wildman–Crippen MR) is 83.2 cm³/mol. The van der Waals surface area contributed by atoms with Crippen molar-refractivity contribution in [1.29, 1.82) is 0 Å². The zero-order chi connectivity index (χ0) is 13.2. The third kappa shape index (κ3) is 2.53. The van der Waals surface area contributed by atoms with Crippen molar-refractivity contribution in [2.45, 2.75) is 19.6 Å². The van der Waals surface area contributed by atoms with Crippen LogP contribution in [0.15, 0.2) is 46.9 Å². The third-order valence-corrected chi connectivity index (χ3v) is 4.21. The number of hydrogen-bond acceptors (Lipinski definition) is 2. The van der Waals surface area contributed by atoms with Crippen molar-refractivity contribution >= 4 is 21.6 Å². The van der Waals surface area contributed by atoms with E-state index in [0.29, 0.717) is 0 Å². The number of benzene rings is 2. The Labute approximate surface area is 122 Å². The number of nitrogens with zero attached hydrogens (tertiary/aromatic N) is 1. The second-order valence-electron chi connectivity index (χ2n) is 4.94. The molecule has 0 aromatic heterocycles. The lowest BCUT2D eigenvalue weighted by molar-refractivity contribution is 0.815. The highest BCUT2D eigenvalue weighted by Crippen LogP contribution is 2.33. The van der Waals surface area contributed by atoms with Crippen LogP contribution in [0, 0.1) is 0 Å². The molecule has 19 heavy (non-hydrogen) atoms. The van der Waals surface area contributed by atoms with E-state index in [0.717, 1.165) is 19.6 Å². The van der Waals surface area contributed by atoms with Crippen molar-refractivity contribution in [3.8, 4) is 0 Å². The van der Waals surface area contributed by atoms with Crippen molar-refractivity contribution < 1.29 is 0 Å². The molecule has 0 unspecified atom stereocenters. The summed E-state index contributed by atoms with van der Waals surface area (Å²) in [6.07, 6.45) is 0. The van der Waals surface area contributed by atoms with Gasteiger partial charge in [-0.25, -0.2) is 0 Å². The lowest BCUT2D eigenvalue weighted by atomic mass is 10.1. The maximum Gasteiger partial charge on any atom is 0.0516 e. The summed E-state index contributed by atoms with van der Waals surface area (Å²) < 4.78 is 1.17. The van der Waals surface area contributed by atoms with Gasteiger partial charge in [0.1, 0.15) is 0 Å². The van der Waals surface area contributed by atoms with Gasteiger partial charge in [0.15, 0.2) is 0 Å². The Balaban J connectivity index is 1.85. The molecule has 2 nitrogen and oxygen atoms in total. The summed E-state index contributed by atoms with van der Waals surface area (Å²) in [7, 11) is 1.97. The summed E-state index contributed by atoms with van der Waals surface area (Å²) in [6.45, 7) is 2.90. The van der Waals surface area contributed by atoms with Gasteiger partial charge in [0.05, 0.1) is 5.69 Å². The minimum absolute atomic E-state index is 0.902. The van der Waals surface area contributed by atoms with Gasteiger partial charge < -0.3 is 10.2 Å². The molecule has 0 amide bonds. The van der Waals surface area contributed by atoms with Crippen LogP contribution in [-0.4, -0.2) is 7.05 Å². The zero-order valence-electron chi connectivity index (χ0n) is 11.0. The van der Waals surface area contributed by atoms with E-state index in [2.05, 4.69) is 68.6 Å². The summed E-state index contributed by atoms with van der Waals surface area (Å²) in [5.74, 6) is 0. The van der Waals surface area contributed by atoms with Crippen LogP contribution in [0.4, 0.5) is 5.69 Å². The molecule has 0 saturated heterocycles. The summed E-state index contributed by atoms with van der Waals surface area (Å²) in [5, 5.41) is 3.18. The van der Waals surface area contributed by atoms with Crippen molar-refractivity contribution in [3.05, 3.63) is 63.6 Å². The summed E-state index contributed by atoms with van der Waals surface area (Å²) in [6, 6.07) is 15.3. The summed E-state index contributed by atoms with van der Waals surface area (Å²) in [5.41, 5.74) is 5.45. The number of halogens is 1. The molecule has 0 atom stereocenters. The van der Waals surface area contributed by atoms with Gasteiger partial charge in [-0.1, -0.05) is 30.3 Å². The van der Waals surface area contributed by atoms with Gasteiger partial charge in [-0.2, -0.15) is 0 Å². The van der Waals surface area contributed by atoms with Gasteiger partial charge in [0, 0.05) is 24.1 Å².